The van der Waals surface area contributed by atoms with Gasteiger partial charge in [0.2, 0.25) is 0 Å². The van der Waals surface area contributed by atoms with Crippen molar-refractivity contribution < 1.29 is 9.59 Å². The Labute approximate surface area is 102 Å². The summed E-state index contributed by atoms with van der Waals surface area (Å²) in [5.41, 5.74) is -0.554. The van der Waals surface area contributed by atoms with E-state index in [1.165, 1.54) is 4.90 Å². The average Bonchev–Trinajstić information content (AvgIpc) is 2.85. The van der Waals surface area contributed by atoms with E-state index in [9.17, 15) is 9.59 Å². The number of rotatable bonds is 5. The van der Waals surface area contributed by atoms with Crippen molar-refractivity contribution in [3.05, 3.63) is 0 Å². The molecule has 1 aliphatic heterocycles. The van der Waals surface area contributed by atoms with Gasteiger partial charge in [-0.2, -0.15) is 0 Å². The second-order valence-electron chi connectivity index (χ2n) is 4.93. The molecule has 2 fully saturated rings. The highest BCUT2D eigenvalue weighted by Gasteiger charge is 2.51. The van der Waals surface area contributed by atoms with Crippen LogP contribution in [0.2, 0.25) is 0 Å². The van der Waals surface area contributed by atoms with E-state index in [4.69, 9.17) is 0 Å². The van der Waals surface area contributed by atoms with Crippen molar-refractivity contribution >= 4 is 11.9 Å². The van der Waals surface area contributed by atoms with Crippen molar-refractivity contribution in [2.45, 2.75) is 44.6 Å². The van der Waals surface area contributed by atoms with Gasteiger partial charge in [0.15, 0.2) is 0 Å². The fraction of sp³-hybridized carbons (Fsp3) is 0.833. The highest BCUT2D eigenvalue weighted by Crippen LogP contribution is 2.34. The highest BCUT2D eigenvalue weighted by atomic mass is 16.2. The number of carbonyl (C=O) groups is 2. The molecule has 17 heavy (non-hydrogen) atoms. The molecule has 2 rings (SSSR count). The lowest BCUT2D eigenvalue weighted by atomic mass is 9.98. The smallest absolute Gasteiger partial charge is 0.323 e. The van der Waals surface area contributed by atoms with Crippen molar-refractivity contribution in [3.63, 3.8) is 0 Å². The molecule has 0 unspecified atom stereocenters. The number of hydrogen-bond donors (Lipinski definition) is 2. The highest BCUT2D eigenvalue weighted by molar-refractivity contribution is 6.07. The fourth-order valence-electron chi connectivity index (χ4n) is 2.69. The van der Waals surface area contributed by atoms with Crippen molar-refractivity contribution in [1.82, 2.24) is 15.5 Å². The van der Waals surface area contributed by atoms with Crippen LogP contribution in [-0.4, -0.2) is 42.0 Å². The normalized spacial score (nSPS) is 22.5. The molecule has 0 aromatic carbocycles. The van der Waals surface area contributed by atoms with E-state index in [1.807, 2.05) is 0 Å². The third kappa shape index (κ3) is 2.29. The largest absolute Gasteiger partial charge is 0.325 e. The molecule has 2 aliphatic rings. The van der Waals surface area contributed by atoms with Crippen LogP contribution in [0.1, 0.15) is 39.0 Å². The van der Waals surface area contributed by atoms with E-state index < -0.39 is 5.54 Å². The van der Waals surface area contributed by atoms with Crippen LogP contribution in [0.15, 0.2) is 0 Å². The lowest BCUT2D eigenvalue weighted by Crippen LogP contribution is -2.44. The lowest BCUT2D eigenvalue weighted by molar-refractivity contribution is -0.131. The van der Waals surface area contributed by atoms with Crippen LogP contribution in [0.4, 0.5) is 4.79 Å². The summed E-state index contributed by atoms with van der Waals surface area (Å²) in [6.07, 6.45) is 4.74. The minimum atomic E-state index is -0.554. The Morgan fingerprint density at radius 2 is 2.00 bits per heavy atom. The van der Waals surface area contributed by atoms with Crippen LogP contribution in [0, 0.1) is 0 Å². The van der Waals surface area contributed by atoms with E-state index in [0.717, 1.165) is 38.6 Å². The Hall–Kier alpha value is -1.10. The van der Waals surface area contributed by atoms with Crippen LogP contribution in [0.5, 0.6) is 0 Å². The number of imide groups is 1. The van der Waals surface area contributed by atoms with Gasteiger partial charge < -0.3 is 10.6 Å². The van der Waals surface area contributed by atoms with Crippen LogP contribution in [0.25, 0.3) is 0 Å². The fourth-order valence-corrected chi connectivity index (χ4v) is 2.69. The molecular weight excluding hydrogens is 218 g/mol. The number of urea groups is 1. The molecule has 0 atom stereocenters. The summed E-state index contributed by atoms with van der Waals surface area (Å²) in [6, 6.07) is -0.213. The number of hydrogen-bond acceptors (Lipinski definition) is 3. The van der Waals surface area contributed by atoms with Gasteiger partial charge in [-0.15, -0.1) is 0 Å². The van der Waals surface area contributed by atoms with E-state index in [2.05, 4.69) is 17.6 Å². The number of nitrogens with zero attached hydrogens (tertiary/aromatic N) is 1. The first-order valence-electron chi connectivity index (χ1n) is 6.54. The Morgan fingerprint density at radius 3 is 2.65 bits per heavy atom. The summed E-state index contributed by atoms with van der Waals surface area (Å²) in [4.78, 5) is 25.4. The average molecular weight is 239 g/mol. The molecule has 1 spiro atoms. The third-order valence-electron chi connectivity index (χ3n) is 3.64. The van der Waals surface area contributed by atoms with Gasteiger partial charge in [0.25, 0.3) is 5.91 Å². The van der Waals surface area contributed by atoms with Crippen molar-refractivity contribution in [2.75, 3.05) is 19.6 Å². The number of nitrogens with one attached hydrogen (secondary N) is 2. The van der Waals surface area contributed by atoms with Gasteiger partial charge in [-0.05, 0) is 25.8 Å². The van der Waals surface area contributed by atoms with Crippen molar-refractivity contribution in [2.24, 2.45) is 0 Å². The summed E-state index contributed by atoms with van der Waals surface area (Å²) in [5.74, 6) is -0.0155. The molecule has 5 nitrogen and oxygen atoms in total. The van der Waals surface area contributed by atoms with E-state index in [0.29, 0.717) is 13.1 Å². The molecule has 1 saturated carbocycles. The minimum absolute atomic E-state index is 0.0155. The van der Waals surface area contributed by atoms with Crippen LogP contribution in [-0.2, 0) is 4.79 Å². The van der Waals surface area contributed by atoms with Crippen molar-refractivity contribution in [1.29, 1.82) is 0 Å². The zero-order chi connectivity index (χ0) is 12.3. The van der Waals surface area contributed by atoms with Gasteiger partial charge in [-0.3, -0.25) is 9.69 Å². The summed E-state index contributed by atoms with van der Waals surface area (Å²) >= 11 is 0. The zero-order valence-corrected chi connectivity index (χ0v) is 10.4. The quantitative estimate of drug-likeness (QED) is 0.552. The van der Waals surface area contributed by atoms with Gasteiger partial charge in [-0.25, -0.2) is 4.79 Å². The van der Waals surface area contributed by atoms with E-state index >= 15 is 0 Å². The molecule has 2 N–H and O–H groups in total. The lowest BCUT2D eigenvalue weighted by Gasteiger charge is -2.20. The monoisotopic (exact) mass is 239 g/mol. The van der Waals surface area contributed by atoms with Gasteiger partial charge in [0.05, 0.1) is 0 Å². The number of amides is 3. The molecule has 0 aromatic heterocycles. The predicted molar refractivity (Wildman–Crippen MR) is 64.6 cm³/mol. The Morgan fingerprint density at radius 1 is 1.29 bits per heavy atom. The second-order valence-corrected chi connectivity index (χ2v) is 4.93. The first-order valence-corrected chi connectivity index (χ1v) is 6.54. The van der Waals surface area contributed by atoms with E-state index in [1.54, 1.807) is 0 Å². The summed E-state index contributed by atoms with van der Waals surface area (Å²) in [7, 11) is 0. The van der Waals surface area contributed by atoms with Gasteiger partial charge >= 0.3 is 6.03 Å². The second kappa shape index (κ2) is 5.04. The molecule has 0 radical (unpaired) electrons. The Kier molecular flexibility index (Phi) is 3.66. The minimum Gasteiger partial charge on any atom is -0.323 e. The zero-order valence-electron chi connectivity index (χ0n) is 10.4. The molecule has 96 valence electrons. The molecular formula is C12H21N3O2. The topological polar surface area (TPSA) is 61.4 Å². The summed E-state index contributed by atoms with van der Waals surface area (Å²) < 4.78 is 0. The Bertz CT molecular complexity index is 311. The predicted octanol–water partition coefficient (Wildman–Crippen LogP) is 0.851. The van der Waals surface area contributed by atoms with E-state index in [-0.39, 0.29) is 11.9 Å². The van der Waals surface area contributed by atoms with Gasteiger partial charge in [0.1, 0.15) is 5.54 Å². The van der Waals surface area contributed by atoms with Crippen molar-refractivity contribution in [3.8, 4) is 0 Å². The molecule has 3 amide bonds. The van der Waals surface area contributed by atoms with Crippen LogP contribution < -0.4 is 10.6 Å². The summed E-state index contributed by atoms with van der Waals surface area (Å²) in [6.45, 7) is 4.18. The molecule has 1 saturated heterocycles. The molecule has 1 heterocycles. The summed E-state index contributed by atoms with van der Waals surface area (Å²) in [5, 5.41) is 6.09. The molecule has 0 bridgehead atoms. The maximum Gasteiger partial charge on any atom is 0.325 e. The first-order chi connectivity index (χ1) is 8.19. The van der Waals surface area contributed by atoms with Crippen LogP contribution >= 0.6 is 0 Å². The molecule has 0 aromatic rings. The molecule has 1 aliphatic carbocycles. The van der Waals surface area contributed by atoms with Crippen LogP contribution in [0.3, 0.4) is 0 Å². The van der Waals surface area contributed by atoms with Gasteiger partial charge in [-0.1, -0.05) is 19.8 Å². The maximum absolute atomic E-state index is 12.2. The van der Waals surface area contributed by atoms with Gasteiger partial charge in [0, 0.05) is 13.1 Å². The standard InChI is InChI=1S/C12H21N3O2/c1-2-7-13-8-9-15-10(16)12(14-11(15)17)5-3-4-6-12/h13H,2-9H2,1H3,(H,14,17). The maximum atomic E-state index is 12.2. The SMILES string of the molecule is CCCNCCN1C(=O)NC2(CCCC2)C1=O. The third-order valence-corrected chi connectivity index (χ3v) is 3.64. The first kappa shape index (κ1) is 12.4. The Balaban J connectivity index is 1.90. The molecule has 5 heteroatoms. The number of carbonyl (C=O) groups excluding carboxylic acids is 2.